The summed E-state index contributed by atoms with van der Waals surface area (Å²) in [6.45, 7) is 2.27. The molecule has 0 unspecified atom stereocenters. The summed E-state index contributed by atoms with van der Waals surface area (Å²) in [4.78, 5) is 13.3. The molecule has 5 heteroatoms. The van der Waals surface area contributed by atoms with Crippen molar-refractivity contribution in [1.29, 1.82) is 0 Å². The third-order valence-corrected chi connectivity index (χ3v) is 6.83. The smallest absolute Gasteiger partial charge is 0.261 e. The maximum Gasteiger partial charge on any atom is 0.261 e. The van der Waals surface area contributed by atoms with Crippen LogP contribution >= 0.6 is 34.3 Å². The fourth-order valence-corrected chi connectivity index (χ4v) is 5.12. The molecule has 0 spiro atoms. The number of carbonyl (C=O) groups excluding carboxylic acids is 1. The van der Waals surface area contributed by atoms with E-state index < -0.39 is 0 Å². The summed E-state index contributed by atoms with van der Waals surface area (Å²) in [5.74, 6) is 1.29. The molecule has 1 aliphatic rings. The van der Waals surface area contributed by atoms with Gasteiger partial charge in [-0.1, -0.05) is 6.92 Å². The molecule has 2 aromatic heterocycles. The van der Waals surface area contributed by atoms with Crippen molar-refractivity contribution in [2.24, 2.45) is 5.92 Å². The second-order valence-electron chi connectivity index (χ2n) is 5.81. The average molecular weight is 328 g/mol. The van der Waals surface area contributed by atoms with E-state index >= 15 is 0 Å². The molecular formula is C15H18ClNOS2. The molecule has 0 bridgehead atoms. The van der Waals surface area contributed by atoms with Gasteiger partial charge in [-0.15, -0.1) is 34.3 Å². The van der Waals surface area contributed by atoms with Gasteiger partial charge >= 0.3 is 0 Å². The maximum atomic E-state index is 12.5. The molecule has 1 amide bonds. The molecule has 1 fully saturated rings. The standard InChI is InChI=1S/C15H18ClNOS2/c1-10-2-5-15(9-16,6-3-10)17-14(18)13-8-12-11(20-13)4-7-19-12/h4,7-8,10H,2-3,5-6,9H2,1H3,(H,17,18). The lowest BCUT2D eigenvalue weighted by molar-refractivity contribution is 0.0876. The Balaban J connectivity index is 1.75. The molecule has 1 N–H and O–H groups in total. The van der Waals surface area contributed by atoms with Crippen LogP contribution in [0, 0.1) is 5.92 Å². The van der Waals surface area contributed by atoms with Crippen molar-refractivity contribution >= 4 is 49.6 Å². The number of halogens is 1. The first-order chi connectivity index (χ1) is 9.62. The zero-order valence-electron chi connectivity index (χ0n) is 11.4. The first-order valence-electron chi connectivity index (χ1n) is 6.97. The number of fused-ring (bicyclic) bond motifs is 1. The first kappa shape index (κ1) is 14.4. The second-order valence-corrected chi connectivity index (χ2v) is 8.11. The van der Waals surface area contributed by atoms with Gasteiger partial charge in [-0.25, -0.2) is 0 Å². The van der Waals surface area contributed by atoms with E-state index in [1.807, 2.05) is 6.07 Å². The van der Waals surface area contributed by atoms with Crippen LogP contribution in [-0.2, 0) is 0 Å². The van der Waals surface area contributed by atoms with Crippen LogP contribution in [-0.4, -0.2) is 17.3 Å². The highest BCUT2D eigenvalue weighted by Crippen LogP contribution is 2.34. The van der Waals surface area contributed by atoms with Crippen LogP contribution in [0.25, 0.3) is 9.40 Å². The Morgan fingerprint density at radius 2 is 2.20 bits per heavy atom. The van der Waals surface area contributed by atoms with Crippen molar-refractivity contribution in [3.8, 4) is 0 Å². The topological polar surface area (TPSA) is 29.1 Å². The number of thiophene rings is 2. The summed E-state index contributed by atoms with van der Waals surface area (Å²) in [6.07, 6.45) is 4.27. The number of rotatable bonds is 3. The lowest BCUT2D eigenvalue weighted by Crippen LogP contribution is -2.52. The van der Waals surface area contributed by atoms with Gasteiger partial charge in [0.15, 0.2) is 0 Å². The Morgan fingerprint density at radius 1 is 1.45 bits per heavy atom. The lowest BCUT2D eigenvalue weighted by Gasteiger charge is -2.38. The van der Waals surface area contributed by atoms with Crippen LogP contribution < -0.4 is 5.32 Å². The zero-order valence-corrected chi connectivity index (χ0v) is 13.8. The van der Waals surface area contributed by atoms with Crippen LogP contribution in [0.1, 0.15) is 42.3 Å². The van der Waals surface area contributed by atoms with Crippen molar-refractivity contribution in [3.05, 3.63) is 22.4 Å². The van der Waals surface area contributed by atoms with Gasteiger partial charge in [-0.2, -0.15) is 0 Å². The van der Waals surface area contributed by atoms with E-state index in [9.17, 15) is 4.79 Å². The van der Waals surface area contributed by atoms with Crippen molar-refractivity contribution in [2.45, 2.75) is 38.1 Å². The Labute approximate surface area is 132 Å². The van der Waals surface area contributed by atoms with Gasteiger partial charge in [0.2, 0.25) is 0 Å². The third-order valence-electron chi connectivity index (χ3n) is 4.23. The number of hydrogen-bond acceptors (Lipinski definition) is 3. The van der Waals surface area contributed by atoms with E-state index in [2.05, 4.69) is 23.7 Å². The molecular weight excluding hydrogens is 310 g/mol. The molecule has 0 atom stereocenters. The van der Waals surface area contributed by atoms with E-state index in [-0.39, 0.29) is 11.4 Å². The van der Waals surface area contributed by atoms with E-state index in [1.165, 1.54) is 9.40 Å². The highest BCUT2D eigenvalue weighted by atomic mass is 35.5. The third kappa shape index (κ3) is 2.74. The van der Waals surface area contributed by atoms with Crippen LogP contribution in [0.2, 0.25) is 0 Å². The Bertz CT molecular complexity index is 582. The highest BCUT2D eigenvalue weighted by molar-refractivity contribution is 7.27. The summed E-state index contributed by atoms with van der Waals surface area (Å²) in [5, 5.41) is 5.27. The van der Waals surface area contributed by atoms with Gasteiger partial charge in [0.25, 0.3) is 5.91 Å². The van der Waals surface area contributed by atoms with E-state index in [1.54, 1.807) is 22.7 Å². The van der Waals surface area contributed by atoms with Crippen LogP contribution in [0.15, 0.2) is 17.5 Å². The van der Waals surface area contributed by atoms with Crippen LogP contribution in [0.3, 0.4) is 0 Å². The van der Waals surface area contributed by atoms with E-state index in [4.69, 9.17) is 11.6 Å². The molecule has 1 aliphatic carbocycles. The van der Waals surface area contributed by atoms with Gasteiger partial charge in [0.05, 0.1) is 10.4 Å². The number of alkyl halides is 1. The summed E-state index contributed by atoms with van der Waals surface area (Å²) in [6, 6.07) is 4.06. The molecule has 0 aliphatic heterocycles. The Hall–Kier alpha value is -0.580. The minimum Gasteiger partial charge on any atom is -0.345 e. The van der Waals surface area contributed by atoms with E-state index in [0.717, 1.165) is 36.5 Å². The van der Waals surface area contributed by atoms with Crippen LogP contribution in [0.4, 0.5) is 0 Å². The van der Waals surface area contributed by atoms with Crippen molar-refractivity contribution in [2.75, 3.05) is 5.88 Å². The Kier molecular flexibility index (Phi) is 4.07. The number of carbonyl (C=O) groups is 1. The predicted molar refractivity (Wildman–Crippen MR) is 88.3 cm³/mol. The molecule has 0 aromatic carbocycles. The number of nitrogens with one attached hydrogen (secondary N) is 1. The molecule has 1 saturated carbocycles. The fraction of sp³-hybridized carbons (Fsp3) is 0.533. The van der Waals surface area contributed by atoms with Crippen molar-refractivity contribution in [3.63, 3.8) is 0 Å². The quantitative estimate of drug-likeness (QED) is 0.800. The molecule has 2 heterocycles. The predicted octanol–water partition coefficient (Wildman–Crippen LogP) is 4.88. The second kappa shape index (κ2) is 5.66. The molecule has 0 saturated heterocycles. The monoisotopic (exact) mass is 327 g/mol. The summed E-state index contributed by atoms with van der Waals surface area (Å²) in [7, 11) is 0. The fourth-order valence-electron chi connectivity index (χ4n) is 2.79. The highest BCUT2D eigenvalue weighted by Gasteiger charge is 2.35. The summed E-state index contributed by atoms with van der Waals surface area (Å²) >= 11 is 9.41. The molecule has 2 aromatic rings. The molecule has 3 rings (SSSR count). The molecule has 2 nitrogen and oxygen atoms in total. The lowest BCUT2D eigenvalue weighted by atomic mass is 9.78. The molecule has 108 valence electrons. The van der Waals surface area contributed by atoms with Crippen molar-refractivity contribution in [1.82, 2.24) is 5.32 Å². The molecule has 20 heavy (non-hydrogen) atoms. The number of hydrogen-bond donors (Lipinski definition) is 1. The van der Waals surface area contributed by atoms with Gasteiger partial charge in [0, 0.05) is 15.3 Å². The minimum absolute atomic E-state index is 0.0357. The largest absolute Gasteiger partial charge is 0.345 e. The summed E-state index contributed by atoms with van der Waals surface area (Å²) in [5.41, 5.74) is -0.206. The van der Waals surface area contributed by atoms with Gasteiger partial charge in [-0.05, 0) is 49.1 Å². The van der Waals surface area contributed by atoms with E-state index in [0.29, 0.717) is 5.88 Å². The van der Waals surface area contributed by atoms with Crippen molar-refractivity contribution < 1.29 is 4.79 Å². The SMILES string of the molecule is CC1CCC(CCl)(NC(=O)c2cc3sccc3s2)CC1. The maximum absolute atomic E-state index is 12.5. The zero-order chi connectivity index (χ0) is 14.2. The average Bonchev–Trinajstić information content (AvgIpc) is 3.02. The van der Waals surface area contributed by atoms with Gasteiger partial charge in [0.1, 0.15) is 0 Å². The normalized spacial score (nSPS) is 26.8. The first-order valence-corrected chi connectivity index (χ1v) is 9.20. The summed E-state index contributed by atoms with van der Waals surface area (Å²) < 4.78 is 2.38. The van der Waals surface area contributed by atoms with Gasteiger partial charge in [-0.3, -0.25) is 4.79 Å². The number of amides is 1. The molecule has 0 radical (unpaired) electrons. The minimum atomic E-state index is -0.206. The van der Waals surface area contributed by atoms with Crippen LogP contribution in [0.5, 0.6) is 0 Å². The van der Waals surface area contributed by atoms with Gasteiger partial charge < -0.3 is 5.32 Å². The Morgan fingerprint density at radius 3 is 2.85 bits per heavy atom.